The van der Waals surface area contributed by atoms with Gasteiger partial charge in [0.05, 0.1) is 33.8 Å². The van der Waals surface area contributed by atoms with Gasteiger partial charge in [0.15, 0.2) is 0 Å². The number of thiophene rings is 1. The van der Waals surface area contributed by atoms with Gasteiger partial charge in [0, 0.05) is 17.8 Å². The molecule has 0 aliphatic carbocycles. The molecule has 8 heteroatoms. The molecule has 0 saturated heterocycles. The normalized spacial score (nSPS) is 11.7. The van der Waals surface area contributed by atoms with Crippen molar-refractivity contribution in [3.05, 3.63) is 60.6 Å². The number of thiazole rings is 1. The molecular weight excluding hydrogens is 394 g/mol. The SMILES string of the molecule is CCc1sc2c(c1C)c(=O)n(CCO)c(=O)n2CCc1nc2ccccc2s1. The van der Waals surface area contributed by atoms with Crippen LogP contribution in [-0.4, -0.2) is 25.8 Å². The van der Waals surface area contributed by atoms with Crippen molar-refractivity contribution in [2.24, 2.45) is 0 Å². The second kappa shape index (κ2) is 7.62. The van der Waals surface area contributed by atoms with E-state index in [0.717, 1.165) is 41.5 Å². The Morgan fingerprint density at radius 1 is 1.11 bits per heavy atom. The molecule has 3 aromatic heterocycles. The van der Waals surface area contributed by atoms with Gasteiger partial charge in [0.1, 0.15) is 4.83 Å². The van der Waals surface area contributed by atoms with Crippen molar-refractivity contribution >= 4 is 43.1 Å². The van der Waals surface area contributed by atoms with Crippen LogP contribution >= 0.6 is 22.7 Å². The highest BCUT2D eigenvalue weighted by Gasteiger charge is 2.19. The molecule has 0 saturated carbocycles. The number of aromatic nitrogens is 3. The highest BCUT2D eigenvalue weighted by atomic mass is 32.1. The van der Waals surface area contributed by atoms with Gasteiger partial charge < -0.3 is 5.11 Å². The van der Waals surface area contributed by atoms with Crippen molar-refractivity contribution < 1.29 is 5.11 Å². The van der Waals surface area contributed by atoms with E-state index in [1.807, 2.05) is 38.1 Å². The molecule has 4 rings (SSSR count). The maximum atomic E-state index is 13.0. The number of aryl methyl sites for hydroxylation is 4. The average molecular weight is 416 g/mol. The Hall–Kier alpha value is -2.29. The maximum Gasteiger partial charge on any atom is 0.332 e. The first-order valence-electron chi connectivity index (χ1n) is 9.26. The molecule has 6 nitrogen and oxygen atoms in total. The van der Waals surface area contributed by atoms with E-state index in [-0.39, 0.29) is 24.4 Å². The monoisotopic (exact) mass is 415 g/mol. The summed E-state index contributed by atoms with van der Waals surface area (Å²) in [4.78, 5) is 32.4. The van der Waals surface area contributed by atoms with E-state index in [0.29, 0.717) is 18.4 Å². The third-order valence-corrected chi connectivity index (χ3v) is 7.48. The predicted octanol–water partition coefficient (Wildman–Crippen LogP) is 2.94. The molecule has 0 unspecified atom stereocenters. The minimum Gasteiger partial charge on any atom is -0.395 e. The Morgan fingerprint density at radius 2 is 1.89 bits per heavy atom. The number of fused-ring (bicyclic) bond motifs is 2. The van der Waals surface area contributed by atoms with Crippen molar-refractivity contribution in [2.75, 3.05) is 6.61 Å². The molecule has 3 heterocycles. The molecular formula is C20H21N3O3S2. The number of nitrogens with zero attached hydrogens (tertiary/aromatic N) is 3. The number of benzene rings is 1. The highest BCUT2D eigenvalue weighted by Crippen LogP contribution is 2.28. The lowest BCUT2D eigenvalue weighted by Crippen LogP contribution is -2.40. The zero-order valence-corrected chi connectivity index (χ0v) is 17.4. The van der Waals surface area contributed by atoms with Crippen molar-refractivity contribution in [3.63, 3.8) is 0 Å². The van der Waals surface area contributed by atoms with Gasteiger partial charge in [-0.3, -0.25) is 13.9 Å². The van der Waals surface area contributed by atoms with E-state index >= 15 is 0 Å². The van der Waals surface area contributed by atoms with Gasteiger partial charge in [-0.05, 0) is 31.0 Å². The molecule has 28 heavy (non-hydrogen) atoms. The van der Waals surface area contributed by atoms with Gasteiger partial charge in [-0.1, -0.05) is 19.1 Å². The van der Waals surface area contributed by atoms with Crippen LogP contribution in [0, 0.1) is 6.92 Å². The Kier molecular flexibility index (Phi) is 5.18. The summed E-state index contributed by atoms with van der Waals surface area (Å²) in [6, 6.07) is 7.98. The van der Waals surface area contributed by atoms with Crippen LogP contribution in [0.25, 0.3) is 20.4 Å². The van der Waals surface area contributed by atoms with Gasteiger partial charge in [-0.2, -0.15) is 0 Å². The molecule has 0 atom stereocenters. The van der Waals surface area contributed by atoms with Crippen LogP contribution in [0.4, 0.5) is 0 Å². The van der Waals surface area contributed by atoms with Crippen molar-refractivity contribution in [3.8, 4) is 0 Å². The molecule has 0 aliphatic rings. The predicted molar refractivity (Wildman–Crippen MR) is 115 cm³/mol. The van der Waals surface area contributed by atoms with E-state index < -0.39 is 0 Å². The number of aliphatic hydroxyl groups excluding tert-OH is 1. The summed E-state index contributed by atoms with van der Waals surface area (Å²) in [5.74, 6) is 0. The van der Waals surface area contributed by atoms with E-state index in [2.05, 4.69) is 4.98 Å². The smallest absolute Gasteiger partial charge is 0.332 e. The molecule has 0 radical (unpaired) electrons. The van der Waals surface area contributed by atoms with E-state index in [9.17, 15) is 14.7 Å². The molecule has 0 amide bonds. The fourth-order valence-electron chi connectivity index (χ4n) is 3.51. The molecule has 146 valence electrons. The molecule has 0 fully saturated rings. The second-order valence-electron chi connectivity index (χ2n) is 6.62. The molecule has 0 spiro atoms. The van der Waals surface area contributed by atoms with Crippen LogP contribution < -0.4 is 11.2 Å². The fraction of sp³-hybridized carbons (Fsp3) is 0.350. The van der Waals surface area contributed by atoms with Crippen LogP contribution in [0.15, 0.2) is 33.9 Å². The first-order valence-corrected chi connectivity index (χ1v) is 10.9. The van der Waals surface area contributed by atoms with Gasteiger partial charge >= 0.3 is 5.69 Å². The summed E-state index contributed by atoms with van der Waals surface area (Å²) < 4.78 is 3.95. The Labute approximate surface area is 169 Å². The zero-order valence-electron chi connectivity index (χ0n) is 15.8. The molecule has 4 aromatic rings. The van der Waals surface area contributed by atoms with Gasteiger partial charge in [-0.15, -0.1) is 22.7 Å². The summed E-state index contributed by atoms with van der Waals surface area (Å²) in [7, 11) is 0. The topological polar surface area (TPSA) is 77.1 Å². The molecule has 0 bridgehead atoms. The number of para-hydroxylation sites is 1. The van der Waals surface area contributed by atoms with E-state index in [1.54, 1.807) is 15.9 Å². The average Bonchev–Trinajstić information content (AvgIpc) is 3.25. The van der Waals surface area contributed by atoms with Crippen molar-refractivity contribution in [1.82, 2.24) is 14.1 Å². The minimum atomic E-state index is -0.364. The number of aliphatic hydroxyl groups is 1. The summed E-state index contributed by atoms with van der Waals surface area (Å²) in [6.07, 6.45) is 1.43. The van der Waals surface area contributed by atoms with Crippen LogP contribution in [0.2, 0.25) is 0 Å². The number of hydrogen-bond donors (Lipinski definition) is 1. The third kappa shape index (κ3) is 3.11. The Balaban J connectivity index is 1.82. The number of rotatable bonds is 6. The second-order valence-corrected chi connectivity index (χ2v) is 8.82. The Bertz CT molecular complexity index is 1250. The lowest BCUT2D eigenvalue weighted by molar-refractivity contribution is 0.270. The summed E-state index contributed by atoms with van der Waals surface area (Å²) in [6.45, 7) is 4.19. The molecule has 1 N–H and O–H groups in total. The van der Waals surface area contributed by atoms with Crippen molar-refractivity contribution in [2.45, 2.75) is 39.8 Å². The van der Waals surface area contributed by atoms with Crippen LogP contribution in [-0.2, 0) is 25.9 Å². The largest absolute Gasteiger partial charge is 0.395 e. The van der Waals surface area contributed by atoms with Crippen molar-refractivity contribution in [1.29, 1.82) is 0 Å². The Morgan fingerprint density at radius 3 is 2.61 bits per heavy atom. The van der Waals surface area contributed by atoms with Gasteiger partial charge in [-0.25, -0.2) is 9.78 Å². The summed E-state index contributed by atoms with van der Waals surface area (Å²) in [5, 5.41) is 10.9. The molecule has 1 aromatic carbocycles. The fourth-order valence-corrected chi connectivity index (χ4v) is 5.72. The first kappa shape index (κ1) is 19.0. The standard InChI is InChI=1S/C20H21N3O3S2/c1-3-14-12(2)17-18(25)22(10-11-24)20(26)23(19(17)28-14)9-8-16-21-13-6-4-5-7-15(13)27-16/h4-7,24H,3,8-11H2,1-2H3. The maximum absolute atomic E-state index is 13.0. The number of hydrogen-bond acceptors (Lipinski definition) is 6. The summed E-state index contributed by atoms with van der Waals surface area (Å²) >= 11 is 3.14. The van der Waals surface area contributed by atoms with Crippen LogP contribution in [0.1, 0.15) is 22.4 Å². The van der Waals surface area contributed by atoms with Gasteiger partial charge in [0.25, 0.3) is 5.56 Å². The third-order valence-electron chi connectivity index (χ3n) is 4.93. The minimum absolute atomic E-state index is 0.00545. The highest BCUT2D eigenvalue weighted by molar-refractivity contribution is 7.19. The van der Waals surface area contributed by atoms with Crippen LogP contribution in [0.3, 0.4) is 0 Å². The first-order chi connectivity index (χ1) is 13.5. The lowest BCUT2D eigenvalue weighted by atomic mass is 10.2. The summed E-state index contributed by atoms with van der Waals surface area (Å²) in [5.41, 5.74) is 1.23. The van der Waals surface area contributed by atoms with Gasteiger partial charge in [0.2, 0.25) is 0 Å². The van der Waals surface area contributed by atoms with E-state index in [1.165, 1.54) is 11.3 Å². The van der Waals surface area contributed by atoms with Crippen LogP contribution in [0.5, 0.6) is 0 Å². The zero-order chi connectivity index (χ0) is 19.8. The van der Waals surface area contributed by atoms with E-state index in [4.69, 9.17) is 0 Å². The molecule has 0 aliphatic heterocycles. The lowest BCUT2D eigenvalue weighted by Gasteiger charge is -2.11. The quantitative estimate of drug-likeness (QED) is 0.525.